The van der Waals surface area contributed by atoms with Gasteiger partial charge >= 0.3 is 0 Å². The van der Waals surface area contributed by atoms with Gasteiger partial charge in [-0.2, -0.15) is 0 Å². The van der Waals surface area contributed by atoms with E-state index in [1.165, 1.54) is 18.5 Å². The number of nitrogens with one attached hydrogen (secondary N) is 1. The molecule has 0 aliphatic carbocycles. The number of hydrogen-bond acceptors (Lipinski definition) is 1. The molecule has 0 radical (unpaired) electrons. The van der Waals surface area contributed by atoms with Crippen LogP contribution in [0.15, 0.2) is 11.1 Å². The van der Waals surface area contributed by atoms with Crippen molar-refractivity contribution < 1.29 is 0 Å². The maximum absolute atomic E-state index is 3.31. The van der Waals surface area contributed by atoms with Crippen LogP contribution in [0.2, 0.25) is 0 Å². The first-order valence-electron chi connectivity index (χ1n) is 3.16. The molecule has 1 N–H and O–H groups in total. The number of hydrogen-bond donors (Lipinski definition) is 1. The van der Waals surface area contributed by atoms with Crippen LogP contribution >= 0.6 is 0 Å². The summed E-state index contributed by atoms with van der Waals surface area (Å²) in [5.41, 5.74) is 3.10. The molecule has 0 aromatic rings. The minimum Gasteiger partial charge on any atom is -0.313 e. The molecule has 0 saturated heterocycles. The summed E-state index contributed by atoms with van der Waals surface area (Å²) in [6, 6.07) is 0. The second kappa shape index (κ2) is 2.31. The van der Waals surface area contributed by atoms with Gasteiger partial charge < -0.3 is 5.32 Å². The van der Waals surface area contributed by atoms with Gasteiger partial charge in [-0.3, -0.25) is 0 Å². The molecule has 0 spiro atoms. The lowest BCUT2D eigenvalue weighted by Crippen LogP contribution is -2.23. The van der Waals surface area contributed by atoms with Gasteiger partial charge in [-0.1, -0.05) is 11.1 Å². The Hall–Kier alpha value is -0.300. The van der Waals surface area contributed by atoms with Crippen LogP contribution in [0.5, 0.6) is 0 Å². The van der Waals surface area contributed by atoms with Crippen LogP contribution in [-0.2, 0) is 0 Å². The Morgan fingerprint density at radius 2 is 2.00 bits per heavy atom. The quantitative estimate of drug-likeness (QED) is 0.465. The van der Waals surface area contributed by atoms with Gasteiger partial charge in [-0.15, -0.1) is 0 Å². The van der Waals surface area contributed by atoms with Crippen LogP contribution in [0.25, 0.3) is 0 Å². The van der Waals surface area contributed by atoms with Crippen molar-refractivity contribution in [3.05, 3.63) is 11.1 Å². The van der Waals surface area contributed by atoms with Gasteiger partial charge in [0, 0.05) is 6.54 Å². The maximum atomic E-state index is 3.31. The zero-order valence-corrected chi connectivity index (χ0v) is 5.62. The van der Waals surface area contributed by atoms with Crippen LogP contribution in [0.4, 0.5) is 0 Å². The summed E-state index contributed by atoms with van der Waals surface area (Å²) in [6.07, 6.45) is 1.24. The van der Waals surface area contributed by atoms with Crippen molar-refractivity contribution in [2.45, 2.75) is 20.3 Å². The highest BCUT2D eigenvalue weighted by Crippen LogP contribution is 2.09. The summed E-state index contributed by atoms with van der Waals surface area (Å²) in [5.74, 6) is 0. The third-order valence-electron chi connectivity index (χ3n) is 1.80. The lowest BCUT2D eigenvalue weighted by Gasteiger charge is -2.14. The van der Waals surface area contributed by atoms with Crippen LogP contribution in [0, 0.1) is 0 Å². The molecule has 0 amide bonds. The Balaban J connectivity index is 2.60. The van der Waals surface area contributed by atoms with Gasteiger partial charge in [0.25, 0.3) is 0 Å². The lowest BCUT2D eigenvalue weighted by molar-refractivity contribution is 0.677. The maximum Gasteiger partial charge on any atom is 0.0164 e. The van der Waals surface area contributed by atoms with Gasteiger partial charge in [0.1, 0.15) is 0 Å². The molecule has 0 aromatic heterocycles. The minimum absolute atomic E-state index is 1.10. The van der Waals surface area contributed by atoms with Crippen LogP contribution in [0.3, 0.4) is 0 Å². The summed E-state index contributed by atoms with van der Waals surface area (Å²) in [7, 11) is 0. The first-order valence-corrected chi connectivity index (χ1v) is 3.16. The third-order valence-corrected chi connectivity index (χ3v) is 1.80. The lowest BCUT2D eigenvalue weighted by atomic mass is 10.1. The van der Waals surface area contributed by atoms with Gasteiger partial charge in [0.05, 0.1) is 0 Å². The fourth-order valence-corrected chi connectivity index (χ4v) is 0.916. The Labute approximate surface area is 50.8 Å². The third kappa shape index (κ3) is 1.10. The van der Waals surface area contributed by atoms with E-state index in [1.807, 2.05) is 0 Å². The van der Waals surface area contributed by atoms with E-state index in [9.17, 15) is 0 Å². The molecule has 1 heteroatoms. The molecule has 0 bridgehead atoms. The summed E-state index contributed by atoms with van der Waals surface area (Å²) in [6.45, 7) is 6.69. The summed E-state index contributed by atoms with van der Waals surface area (Å²) in [5, 5.41) is 3.31. The van der Waals surface area contributed by atoms with Gasteiger partial charge in [0.15, 0.2) is 0 Å². The predicted molar refractivity (Wildman–Crippen MR) is 35.9 cm³/mol. The van der Waals surface area contributed by atoms with Crippen molar-refractivity contribution in [3.63, 3.8) is 0 Å². The molecule has 0 fully saturated rings. The SMILES string of the molecule is CC1=C(C)CNCC1. The van der Waals surface area contributed by atoms with Crippen molar-refractivity contribution in [1.82, 2.24) is 5.32 Å². The topological polar surface area (TPSA) is 12.0 Å². The molecule has 0 atom stereocenters. The summed E-state index contributed by atoms with van der Waals surface area (Å²) >= 11 is 0. The molecule has 1 aliphatic heterocycles. The van der Waals surface area contributed by atoms with E-state index < -0.39 is 0 Å². The zero-order chi connectivity index (χ0) is 5.98. The molecular weight excluding hydrogens is 98.1 g/mol. The molecule has 46 valence electrons. The molecule has 1 rings (SSSR count). The van der Waals surface area contributed by atoms with E-state index in [2.05, 4.69) is 19.2 Å². The summed E-state index contributed by atoms with van der Waals surface area (Å²) in [4.78, 5) is 0. The fraction of sp³-hybridized carbons (Fsp3) is 0.714. The fourth-order valence-electron chi connectivity index (χ4n) is 0.916. The molecule has 1 nitrogen and oxygen atoms in total. The molecule has 0 unspecified atom stereocenters. The Bertz CT molecular complexity index is 99.6. The Morgan fingerprint density at radius 3 is 2.38 bits per heavy atom. The van der Waals surface area contributed by atoms with Gasteiger partial charge in [0.2, 0.25) is 0 Å². The molecule has 0 saturated carbocycles. The molecule has 1 heterocycles. The first-order chi connectivity index (χ1) is 3.80. The highest BCUT2D eigenvalue weighted by Gasteiger charge is 2.01. The highest BCUT2D eigenvalue weighted by atomic mass is 14.9. The van der Waals surface area contributed by atoms with Crippen molar-refractivity contribution in [2.24, 2.45) is 0 Å². The van der Waals surface area contributed by atoms with E-state index >= 15 is 0 Å². The minimum atomic E-state index is 1.10. The standard InChI is InChI=1S/C7H13N/c1-6-3-4-8-5-7(6)2/h8H,3-5H2,1-2H3. The zero-order valence-electron chi connectivity index (χ0n) is 5.62. The van der Waals surface area contributed by atoms with Crippen molar-refractivity contribution in [1.29, 1.82) is 0 Å². The second-order valence-corrected chi connectivity index (χ2v) is 2.49. The molecule has 1 aliphatic rings. The Kier molecular flexibility index (Phi) is 1.69. The van der Waals surface area contributed by atoms with Crippen LogP contribution < -0.4 is 5.32 Å². The largest absolute Gasteiger partial charge is 0.313 e. The van der Waals surface area contributed by atoms with Crippen molar-refractivity contribution >= 4 is 0 Å². The molecule has 8 heavy (non-hydrogen) atoms. The monoisotopic (exact) mass is 111 g/mol. The van der Waals surface area contributed by atoms with E-state index in [0.29, 0.717) is 0 Å². The average molecular weight is 111 g/mol. The predicted octanol–water partition coefficient (Wildman–Crippen LogP) is 1.32. The number of rotatable bonds is 0. The molecule has 0 aromatic carbocycles. The second-order valence-electron chi connectivity index (χ2n) is 2.49. The van der Waals surface area contributed by atoms with E-state index in [-0.39, 0.29) is 0 Å². The van der Waals surface area contributed by atoms with Gasteiger partial charge in [-0.25, -0.2) is 0 Å². The first kappa shape index (κ1) is 5.83. The average Bonchev–Trinajstić information content (AvgIpc) is 1.77. The summed E-state index contributed by atoms with van der Waals surface area (Å²) < 4.78 is 0. The van der Waals surface area contributed by atoms with E-state index in [0.717, 1.165) is 6.54 Å². The van der Waals surface area contributed by atoms with Crippen molar-refractivity contribution in [3.8, 4) is 0 Å². The van der Waals surface area contributed by atoms with Crippen LogP contribution in [-0.4, -0.2) is 13.1 Å². The van der Waals surface area contributed by atoms with Gasteiger partial charge in [-0.05, 0) is 26.8 Å². The molecular formula is C7H13N. The Morgan fingerprint density at radius 1 is 1.25 bits per heavy atom. The van der Waals surface area contributed by atoms with E-state index in [4.69, 9.17) is 0 Å². The van der Waals surface area contributed by atoms with Crippen LogP contribution in [0.1, 0.15) is 20.3 Å². The van der Waals surface area contributed by atoms with E-state index in [1.54, 1.807) is 5.57 Å². The normalized spacial score (nSPS) is 21.8. The highest BCUT2D eigenvalue weighted by molar-refractivity contribution is 5.13. The van der Waals surface area contributed by atoms with Crippen molar-refractivity contribution in [2.75, 3.05) is 13.1 Å². The smallest absolute Gasteiger partial charge is 0.0164 e.